The van der Waals surface area contributed by atoms with E-state index in [1.54, 1.807) is 18.2 Å². The minimum atomic E-state index is -0.275. The number of hydrogen-bond acceptors (Lipinski definition) is 2. The predicted octanol–water partition coefficient (Wildman–Crippen LogP) is 2.64. The summed E-state index contributed by atoms with van der Waals surface area (Å²) in [6.45, 7) is 3.38. The van der Waals surface area contributed by atoms with Crippen LogP contribution in [0.1, 0.15) is 31.4 Å². The Morgan fingerprint density at radius 2 is 2.07 bits per heavy atom. The quantitative estimate of drug-likeness (QED) is 0.734. The average molecular weight is 211 g/mol. The van der Waals surface area contributed by atoms with Crippen molar-refractivity contribution in [3.8, 4) is 0 Å². The van der Waals surface area contributed by atoms with Gasteiger partial charge in [-0.3, -0.25) is 0 Å². The average Bonchev–Trinajstić information content (AvgIpc) is 2.25. The van der Waals surface area contributed by atoms with Crippen molar-refractivity contribution in [2.75, 3.05) is 13.2 Å². The number of benzene rings is 1. The van der Waals surface area contributed by atoms with Crippen molar-refractivity contribution < 1.29 is 9.13 Å². The van der Waals surface area contributed by atoms with E-state index in [9.17, 15) is 4.39 Å². The molecule has 0 spiro atoms. The van der Waals surface area contributed by atoms with Crippen LogP contribution < -0.4 is 5.73 Å². The Bertz CT molecular complexity index is 291. The molecule has 3 heteroatoms. The summed E-state index contributed by atoms with van der Waals surface area (Å²) in [7, 11) is 0. The molecule has 84 valence electrons. The van der Waals surface area contributed by atoms with E-state index in [-0.39, 0.29) is 11.9 Å². The first-order valence-corrected chi connectivity index (χ1v) is 5.33. The fraction of sp³-hybridized carbons (Fsp3) is 0.500. The summed E-state index contributed by atoms with van der Waals surface area (Å²) in [6.07, 6.45) is 1.65. The molecule has 2 N–H and O–H groups in total. The minimum absolute atomic E-state index is 0.236. The summed E-state index contributed by atoms with van der Waals surface area (Å²) in [5.74, 6) is -0.236. The van der Waals surface area contributed by atoms with E-state index in [0.717, 1.165) is 13.0 Å². The minimum Gasteiger partial charge on any atom is -0.381 e. The lowest BCUT2D eigenvalue weighted by Crippen LogP contribution is -2.14. The van der Waals surface area contributed by atoms with Crippen molar-refractivity contribution in [1.29, 1.82) is 0 Å². The molecule has 1 aromatic rings. The largest absolute Gasteiger partial charge is 0.381 e. The van der Waals surface area contributed by atoms with Gasteiger partial charge in [-0.25, -0.2) is 4.39 Å². The van der Waals surface area contributed by atoms with Crippen LogP contribution in [-0.2, 0) is 4.74 Å². The molecule has 0 saturated carbocycles. The van der Waals surface area contributed by atoms with Crippen LogP contribution in [0.15, 0.2) is 24.3 Å². The van der Waals surface area contributed by atoms with Crippen LogP contribution in [0, 0.1) is 5.82 Å². The third-order valence-corrected chi connectivity index (χ3v) is 2.23. The Labute approximate surface area is 90.2 Å². The van der Waals surface area contributed by atoms with Gasteiger partial charge >= 0.3 is 0 Å². The van der Waals surface area contributed by atoms with Crippen molar-refractivity contribution in [3.05, 3.63) is 35.6 Å². The highest BCUT2D eigenvalue weighted by Crippen LogP contribution is 2.17. The second-order valence-electron chi connectivity index (χ2n) is 3.53. The molecule has 1 aromatic carbocycles. The topological polar surface area (TPSA) is 35.2 Å². The summed E-state index contributed by atoms with van der Waals surface area (Å²) in [5, 5.41) is 0. The van der Waals surface area contributed by atoms with Crippen LogP contribution in [0.4, 0.5) is 4.39 Å². The Balaban J connectivity index is 2.40. The lowest BCUT2D eigenvalue weighted by atomic mass is 10.0. The van der Waals surface area contributed by atoms with E-state index in [4.69, 9.17) is 10.5 Å². The molecule has 15 heavy (non-hydrogen) atoms. The Kier molecular flexibility index (Phi) is 5.29. The van der Waals surface area contributed by atoms with Crippen LogP contribution in [0.2, 0.25) is 0 Å². The molecule has 2 nitrogen and oxygen atoms in total. The van der Waals surface area contributed by atoms with Gasteiger partial charge < -0.3 is 10.5 Å². The van der Waals surface area contributed by atoms with Gasteiger partial charge in [0.25, 0.3) is 0 Å². The highest BCUT2D eigenvalue weighted by Gasteiger charge is 2.09. The van der Waals surface area contributed by atoms with Gasteiger partial charge in [-0.05, 0) is 18.9 Å². The third-order valence-electron chi connectivity index (χ3n) is 2.23. The second-order valence-corrected chi connectivity index (χ2v) is 3.53. The zero-order valence-corrected chi connectivity index (χ0v) is 9.08. The fourth-order valence-corrected chi connectivity index (χ4v) is 1.39. The number of rotatable bonds is 6. The summed E-state index contributed by atoms with van der Waals surface area (Å²) in [5.41, 5.74) is 6.43. The van der Waals surface area contributed by atoms with Crippen LogP contribution in [0.25, 0.3) is 0 Å². The summed E-state index contributed by atoms with van der Waals surface area (Å²) in [6, 6.07) is 6.34. The smallest absolute Gasteiger partial charge is 0.127 e. The van der Waals surface area contributed by atoms with E-state index in [1.165, 1.54) is 6.07 Å². The maximum absolute atomic E-state index is 13.3. The van der Waals surface area contributed by atoms with Gasteiger partial charge in [0.1, 0.15) is 5.82 Å². The van der Waals surface area contributed by atoms with Gasteiger partial charge in [0.2, 0.25) is 0 Å². The predicted molar refractivity (Wildman–Crippen MR) is 59.1 cm³/mol. The van der Waals surface area contributed by atoms with E-state index < -0.39 is 0 Å². The molecule has 0 aliphatic heterocycles. The highest BCUT2D eigenvalue weighted by molar-refractivity contribution is 5.20. The molecule has 0 bridgehead atoms. The normalized spacial score (nSPS) is 12.7. The van der Waals surface area contributed by atoms with Gasteiger partial charge in [-0.15, -0.1) is 0 Å². The molecule has 0 radical (unpaired) electrons. The van der Waals surface area contributed by atoms with Gasteiger partial charge in [0.05, 0.1) is 0 Å². The SMILES string of the molecule is CCCOCCC(N)c1ccccc1F. The van der Waals surface area contributed by atoms with Crippen LogP contribution in [0.3, 0.4) is 0 Å². The Morgan fingerprint density at radius 3 is 2.73 bits per heavy atom. The molecular formula is C12H18FNO. The van der Waals surface area contributed by atoms with Crippen LogP contribution in [0.5, 0.6) is 0 Å². The van der Waals surface area contributed by atoms with Crippen molar-refractivity contribution >= 4 is 0 Å². The zero-order chi connectivity index (χ0) is 11.1. The number of ether oxygens (including phenoxy) is 1. The van der Waals surface area contributed by atoms with E-state index in [2.05, 4.69) is 6.92 Å². The van der Waals surface area contributed by atoms with Crippen molar-refractivity contribution in [3.63, 3.8) is 0 Å². The summed E-state index contributed by atoms with van der Waals surface area (Å²) >= 11 is 0. The van der Waals surface area contributed by atoms with Crippen LogP contribution in [-0.4, -0.2) is 13.2 Å². The monoisotopic (exact) mass is 211 g/mol. The first-order valence-electron chi connectivity index (χ1n) is 5.33. The second kappa shape index (κ2) is 6.53. The Morgan fingerprint density at radius 1 is 1.33 bits per heavy atom. The van der Waals surface area contributed by atoms with E-state index in [1.807, 2.05) is 0 Å². The molecule has 0 aliphatic carbocycles. The third kappa shape index (κ3) is 3.98. The molecule has 1 rings (SSSR count). The molecular weight excluding hydrogens is 193 g/mol. The molecule has 0 aliphatic rings. The Hall–Kier alpha value is -0.930. The van der Waals surface area contributed by atoms with Crippen molar-refractivity contribution in [2.45, 2.75) is 25.8 Å². The molecule has 0 saturated heterocycles. The lowest BCUT2D eigenvalue weighted by molar-refractivity contribution is 0.127. The first-order chi connectivity index (χ1) is 7.25. The fourth-order valence-electron chi connectivity index (χ4n) is 1.39. The van der Waals surface area contributed by atoms with Gasteiger partial charge in [0.15, 0.2) is 0 Å². The van der Waals surface area contributed by atoms with Crippen LogP contribution >= 0.6 is 0 Å². The van der Waals surface area contributed by atoms with Crippen molar-refractivity contribution in [1.82, 2.24) is 0 Å². The standard InChI is InChI=1S/C12H18FNO/c1-2-8-15-9-7-12(14)10-5-3-4-6-11(10)13/h3-6,12H,2,7-9,14H2,1H3. The van der Waals surface area contributed by atoms with E-state index >= 15 is 0 Å². The maximum atomic E-state index is 13.3. The molecule has 1 unspecified atom stereocenters. The summed E-state index contributed by atoms with van der Waals surface area (Å²) < 4.78 is 18.6. The molecule has 0 aromatic heterocycles. The number of nitrogens with two attached hydrogens (primary N) is 1. The molecule has 0 amide bonds. The zero-order valence-electron chi connectivity index (χ0n) is 9.08. The van der Waals surface area contributed by atoms with Gasteiger partial charge in [-0.1, -0.05) is 25.1 Å². The van der Waals surface area contributed by atoms with E-state index in [0.29, 0.717) is 18.6 Å². The lowest BCUT2D eigenvalue weighted by Gasteiger charge is -2.12. The summed E-state index contributed by atoms with van der Waals surface area (Å²) in [4.78, 5) is 0. The van der Waals surface area contributed by atoms with Crippen molar-refractivity contribution in [2.24, 2.45) is 5.73 Å². The number of halogens is 1. The molecule has 0 fully saturated rings. The first kappa shape index (κ1) is 12.1. The van der Waals surface area contributed by atoms with Gasteiger partial charge in [-0.2, -0.15) is 0 Å². The maximum Gasteiger partial charge on any atom is 0.127 e. The molecule has 1 atom stereocenters. The molecule has 0 heterocycles. The number of hydrogen-bond donors (Lipinski definition) is 1. The highest BCUT2D eigenvalue weighted by atomic mass is 19.1. The van der Waals surface area contributed by atoms with Gasteiger partial charge in [0, 0.05) is 24.8 Å².